The monoisotopic (exact) mass is 271 g/mol. The van der Waals surface area contributed by atoms with Gasteiger partial charge in [-0.1, -0.05) is 6.07 Å². The van der Waals surface area contributed by atoms with Crippen molar-refractivity contribution >= 4 is 5.97 Å². The van der Waals surface area contributed by atoms with Gasteiger partial charge in [-0.3, -0.25) is 9.78 Å². The van der Waals surface area contributed by atoms with E-state index in [1.807, 2.05) is 12.1 Å². The summed E-state index contributed by atoms with van der Waals surface area (Å²) in [6, 6.07) is 5.98. The number of hydrogen-bond donors (Lipinski definition) is 1. The lowest BCUT2D eigenvalue weighted by Crippen LogP contribution is -2.49. The van der Waals surface area contributed by atoms with Gasteiger partial charge in [-0.15, -0.1) is 0 Å². The molecule has 4 bridgehead atoms. The number of carbonyl (C=O) groups is 1. The average molecular weight is 271 g/mol. The van der Waals surface area contributed by atoms with Crippen molar-refractivity contribution in [1.29, 1.82) is 0 Å². The quantitative estimate of drug-likeness (QED) is 0.918. The fraction of sp³-hybridized carbons (Fsp3) is 0.647. The number of pyridine rings is 1. The number of carboxylic acid groups (broad SMARTS) is 1. The van der Waals surface area contributed by atoms with Crippen molar-refractivity contribution in [3.8, 4) is 0 Å². The molecular formula is C17H21NO2. The minimum Gasteiger partial charge on any atom is -0.481 e. The minimum absolute atomic E-state index is 0.0419. The summed E-state index contributed by atoms with van der Waals surface area (Å²) in [6.07, 6.45) is 8.16. The van der Waals surface area contributed by atoms with E-state index in [4.69, 9.17) is 10.1 Å². The highest BCUT2D eigenvalue weighted by Crippen LogP contribution is 2.60. The van der Waals surface area contributed by atoms with E-state index in [0.29, 0.717) is 5.69 Å². The Labute approximate surface area is 119 Å². The van der Waals surface area contributed by atoms with Crippen LogP contribution in [0.15, 0.2) is 18.2 Å². The minimum atomic E-state index is -0.792. The number of carboxylic acids is 1. The van der Waals surface area contributed by atoms with Crippen LogP contribution in [0, 0.1) is 17.8 Å². The van der Waals surface area contributed by atoms with Gasteiger partial charge in [0.15, 0.2) is 0 Å². The maximum absolute atomic E-state index is 10.9. The lowest BCUT2D eigenvalue weighted by Gasteiger charge is -2.56. The molecule has 1 aromatic rings. The van der Waals surface area contributed by atoms with E-state index in [-0.39, 0.29) is 11.8 Å². The summed E-state index contributed by atoms with van der Waals surface area (Å²) < 4.78 is 0. The SMILES string of the molecule is O=C(O)Cc1cccc(C23CC4CC(CC(C4)C2)C3)n1. The molecule has 1 heterocycles. The van der Waals surface area contributed by atoms with Gasteiger partial charge in [0.2, 0.25) is 0 Å². The number of aliphatic carboxylic acids is 1. The van der Waals surface area contributed by atoms with E-state index >= 15 is 0 Å². The molecule has 3 heteroatoms. The van der Waals surface area contributed by atoms with Crippen LogP contribution in [0.1, 0.15) is 49.9 Å². The van der Waals surface area contributed by atoms with Gasteiger partial charge in [0.1, 0.15) is 0 Å². The van der Waals surface area contributed by atoms with Crippen LogP contribution in [-0.4, -0.2) is 16.1 Å². The van der Waals surface area contributed by atoms with E-state index in [9.17, 15) is 4.79 Å². The van der Waals surface area contributed by atoms with Crippen LogP contribution in [0.5, 0.6) is 0 Å². The molecule has 0 amide bonds. The Morgan fingerprint density at radius 2 is 1.75 bits per heavy atom. The molecule has 1 aromatic heterocycles. The van der Waals surface area contributed by atoms with Crippen molar-refractivity contribution in [3.63, 3.8) is 0 Å². The highest BCUT2D eigenvalue weighted by molar-refractivity contribution is 5.69. The second kappa shape index (κ2) is 4.31. The fourth-order valence-electron chi connectivity index (χ4n) is 5.45. The van der Waals surface area contributed by atoms with Gasteiger partial charge >= 0.3 is 5.97 Å². The second-order valence-corrected chi connectivity index (χ2v) is 7.28. The number of hydrogen-bond acceptors (Lipinski definition) is 2. The fourth-order valence-corrected chi connectivity index (χ4v) is 5.45. The Morgan fingerprint density at radius 1 is 1.15 bits per heavy atom. The summed E-state index contributed by atoms with van der Waals surface area (Å²) in [4.78, 5) is 15.6. The summed E-state index contributed by atoms with van der Waals surface area (Å²) in [5, 5.41) is 8.95. The molecule has 106 valence electrons. The van der Waals surface area contributed by atoms with Crippen molar-refractivity contribution in [2.75, 3.05) is 0 Å². The molecule has 0 saturated heterocycles. The molecule has 0 spiro atoms. The first-order valence-corrected chi connectivity index (χ1v) is 7.81. The molecule has 20 heavy (non-hydrogen) atoms. The second-order valence-electron chi connectivity index (χ2n) is 7.28. The molecule has 1 N–H and O–H groups in total. The largest absolute Gasteiger partial charge is 0.481 e. The Bertz CT molecular complexity index is 516. The lowest BCUT2D eigenvalue weighted by molar-refractivity contribution is -0.136. The third-order valence-corrected chi connectivity index (χ3v) is 5.72. The predicted octanol–water partition coefficient (Wildman–Crippen LogP) is 3.18. The molecule has 4 aliphatic carbocycles. The van der Waals surface area contributed by atoms with Crippen LogP contribution in [0.3, 0.4) is 0 Å². The van der Waals surface area contributed by atoms with Crippen LogP contribution in [0.25, 0.3) is 0 Å². The molecule has 4 fully saturated rings. The molecule has 0 radical (unpaired) electrons. The highest BCUT2D eigenvalue weighted by Gasteiger charge is 2.52. The zero-order valence-corrected chi connectivity index (χ0v) is 11.7. The normalized spacial score (nSPS) is 38.1. The van der Waals surface area contributed by atoms with Crippen LogP contribution < -0.4 is 0 Å². The molecule has 4 aliphatic rings. The van der Waals surface area contributed by atoms with E-state index in [0.717, 1.165) is 17.8 Å². The van der Waals surface area contributed by atoms with Gasteiger partial charge in [0.05, 0.1) is 12.1 Å². The standard InChI is InChI=1S/C17H21NO2/c19-16(20)7-14-2-1-3-15(18-14)17-8-11-4-12(9-17)6-13(5-11)10-17/h1-3,11-13H,4-10H2,(H,19,20). The van der Waals surface area contributed by atoms with Gasteiger partial charge in [-0.05, 0) is 68.4 Å². The van der Waals surface area contributed by atoms with Gasteiger partial charge < -0.3 is 5.11 Å². The summed E-state index contributed by atoms with van der Waals surface area (Å²) >= 11 is 0. The van der Waals surface area contributed by atoms with Gasteiger partial charge in [-0.25, -0.2) is 0 Å². The Balaban J connectivity index is 1.68. The van der Waals surface area contributed by atoms with Crippen LogP contribution >= 0.6 is 0 Å². The van der Waals surface area contributed by atoms with E-state index < -0.39 is 5.97 Å². The first-order valence-electron chi connectivity index (χ1n) is 7.81. The van der Waals surface area contributed by atoms with Crippen molar-refractivity contribution in [2.45, 2.75) is 50.4 Å². The topological polar surface area (TPSA) is 50.2 Å². The van der Waals surface area contributed by atoms with Gasteiger partial charge in [-0.2, -0.15) is 0 Å². The molecule has 0 atom stereocenters. The van der Waals surface area contributed by atoms with Gasteiger partial charge in [0.25, 0.3) is 0 Å². The maximum atomic E-state index is 10.9. The summed E-state index contributed by atoms with van der Waals surface area (Å²) in [5.41, 5.74) is 2.16. The zero-order chi connectivity index (χ0) is 13.7. The van der Waals surface area contributed by atoms with Crippen LogP contribution in [0.2, 0.25) is 0 Å². The molecular weight excluding hydrogens is 250 g/mol. The van der Waals surface area contributed by atoms with Crippen LogP contribution in [-0.2, 0) is 16.6 Å². The highest BCUT2D eigenvalue weighted by atomic mass is 16.4. The zero-order valence-electron chi connectivity index (χ0n) is 11.7. The lowest BCUT2D eigenvalue weighted by atomic mass is 9.49. The first kappa shape index (κ1) is 12.4. The predicted molar refractivity (Wildman–Crippen MR) is 75.4 cm³/mol. The summed E-state index contributed by atoms with van der Waals surface area (Å²) in [7, 11) is 0. The molecule has 4 saturated carbocycles. The molecule has 0 unspecified atom stereocenters. The smallest absolute Gasteiger partial charge is 0.309 e. The van der Waals surface area contributed by atoms with Gasteiger partial charge in [0, 0.05) is 11.1 Å². The Kier molecular flexibility index (Phi) is 2.66. The van der Waals surface area contributed by atoms with Crippen molar-refractivity contribution in [1.82, 2.24) is 4.98 Å². The number of nitrogens with zero attached hydrogens (tertiary/aromatic N) is 1. The van der Waals surface area contributed by atoms with E-state index in [1.165, 1.54) is 44.2 Å². The summed E-state index contributed by atoms with van der Waals surface area (Å²) in [6.45, 7) is 0. The van der Waals surface area contributed by atoms with Crippen molar-refractivity contribution < 1.29 is 9.90 Å². The van der Waals surface area contributed by atoms with E-state index in [2.05, 4.69) is 6.07 Å². The van der Waals surface area contributed by atoms with Crippen LogP contribution in [0.4, 0.5) is 0 Å². The first-order chi connectivity index (χ1) is 9.63. The third kappa shape index (κ3) is 1.95. The Morgan fingerprint density at radius 3 is 2.30 bits per heavy atom. The molecule has 0 aliphatic heterocycles. The number of rotatable bonds is 3. The number of aromatic nitrogens is 1. The Hall–Kier alpha value is -1.38. The third-order valence-electron chi connectivity index (χ3n) is 5.72. The molecule has 0 aromatic carbocycles. The average Bonchev–Trinajstić information content (AvgIpc) is 2.36. The van der Waals surface area contributed by atoms with Crippen molar-refractivity contribution in [2.24, 2.45) is 17.8 Å². The van der Waals surface area contributed by atoms with Crippen molar-refractivity contribution in [3.05, 3.63) is 29.6 Å². The molecule has 5 rings (SSSR count). The molecule has 3 nitrogen and oxygen atoms in total. The maximum Gasteiger partial charge on any atom is 0.309 e. The summed E-state index contributed by atoms with van der Waals surface area (Å²) in [5.74, 6) is 1.89. The van der Waals surface area contributed by atoms with E-state index in [1.54, 1.807) is 0 Å².